The average molecular weight is 247 g/mol. The summed E-state index contributed by atoms with van der Waals surface area (Å²) in [6.07, 6.45) is 2.52. The van der Waals surface area contributed by atoms with Crippen LogP contribution in [0, 0.1) is 0 Å². The van der Waals surface area contributed by atoms with E-state index >= 15 is 0 Å². The lowest BCUT2D eigenvalue weighted by molar-refractivity contribution is 0.225. The molecule has 0 aromatic carbocycles. The van der Waals surface area contributed by atoms with Gasteiger partial charge in [-0.2, -0.15) is 0 Å². The van der Waals surface area contributed by atoms with Gasteiger partial charge in [0, 0.05) is 5.69 Å². The van der Waals surface area contributed by atoms with Crippen LogP contribution in [0.2, 0.25) is 0 Å². The van der Waals surface area contributed by atoms with Gasteiger partial charge in [-0.05, 0) is 20.3 Å². The van der Waals surface area contributed by atoms with Crippen molar-refractivity contribution >= 4 is 13.7 Å². The second-order valence-corrected chi connectivity index (χ2v) is 4.79. The lowest BCUT2D eigenvalue weighted by Crippen LogP contribution is -2.06. The van der Waals surface area contributed by atoms with Crippen LogP contribution in [-0.2, 0) is 20.0 Å². The highest BCUT2D eigenvalue weighted by atomic mass is 31.2. The molecule has 0 aliphatic heterocycles. The Morgan fingerprint density at radius 2 is 2.00 bits per heavy atom. The fourth-order valence-corrected chi connectivity index (χ4v) is 2.42. The Kier molecular flexibility index (Phi) is 4.99. The van der Waals surface area contributed by atoms with Crippen LogP contribution in [0.5, 0.6) is 0 Å². The van der Waals surface area contributed by atoms with Crippen LogP contribution in [0.15, 0.2) is 6.20 Å². The number of hydrogen-bond donors (Lipinski definition) is 2. The van der Waals surface area contributed by atoms with Gasteiger partial charge in [-0.1, -0.05) is 6.92 Å². The maximum absolute atomic E-state index is 12.1. The summed E-state index contributed by atoms with van der Waals surface area (Å²) in [5.74, 6) is 0.405. The Morgan fingerprint density at radius 1 is 1.38 bits per heavy atom. The highest BCUT2D eigenvalue weighted by Gasteiger charge is 2.24. The molecule has 0 spiro atoms. The number of rotatable bonds is 7. The molecule has 16 heavy (non-hydrogen) atoms. The van der Waals surface area contributed by atoms with E-state index in [1.807, 2.05) is 6.92 Å². The summed E-state index contributed by atoms with van der Waals surface area (Å²) in [6.45, 7) is 6.14. The summed E-state index contributed by atoms with van der Waals surface area (Å²) in [5.41, 5.74) is 0.960. The molecule has 7 heteroatoms. The molecule has 1 rings (SSSR count). The van der Waals surface area contributed by atoms with Crippen LogP contribution >= 0.6 is 7.75 Å². The predicted molar refractivity (Wildman–Crippen MR) is 62.4 cm³/mol. The number of aromatic nitrogens is 2. The molecular weight excluding hydrogens is 229 g/mol. The van der Waals surface area contributed by atoms with Gasteiger partial charge in [-0.3, -0.25) is 14.1 Å². The van der Waals surface area contributed by atoms with Gasteiger partial charge < -0.3 is 4.98 Å². The highest BCUT2D eigenvalue weighted by Crippen LogP contribution is 2.46. The molecule has 6 nitrogen and oxygen atoms in total. The molecule has 0 radical (unpaired) electrons. The van der Waals surface area contributed by atoms with Gasteiger partial charge in [0.1, 0.15) is 0 Å². The first-order valence-corrected chi connectivity index (χ1v) is 6.89. The van der Waals surface area contributed by atoms with Crippen LogP contribution in [0.1, 0.15) is 26.5 Å². The molecule has 0 unspecified atom stereocenters. The van der Waals surface area contributed by atoms with Crippen molar-refractivity contribution in [3.8, 4) is 0 Å². The topological polar surface area (TPSA) is 76.2 Å². The molecule has 0 bridgehead atoms. The summed E-state index contributed by atoms with van der Waals surface area (Å²) < 4.78 is 22.2. The van der Waals surface area contributed by atoms with Gasteiger partial charge in [0.05, 0.1) is 19.4 Å². The fraction of sp³-hybridized carbons (Fsp3) is 0.667. The molecule has 92 valence electrons. The number of aryl methyl sites for hydroxylation is 1. The Morgan fingerprint density at radius 3 is 2.44 bits per heavy atom. The van der Waals surface area contributed by atoms with Gasteiger partial charge in [0.15, 0.2) is 0 Å². The fourth-order valence-electron chi connectivity index (χ4n) is 1.17. The van der Waals surface area contributed by atoms with Crippen molar-refractivity contribution in [3.05, 3.63) is 11.9 Å². The summed E-state index contributed by atoms with van der Waals surface area (Å²) in [7, 11) is -3.28. The SMILES string of the molecule is CCOP(=O)(Nc1ncc(CC)[nH]1)OCC. The number of aromatic amines is 1. The van der Waals surface area contributed by atoms with Crippen LogP contribution in [-0.4, -0.2) is 23.2 Å². The van der Waals surface area contributed by atoms with Crippen molar-refractivity contribution in [2.45, 2.75) is 27.2 Å². The third-order valence-corrected chi connectivity index (χ3v) is 3.53. The third kappa shape index (κ3) is 3.63. The van der Waals surface area contributed by atoms with E-state index in [1.165, 1.54) is 0 Å². The van der Waals surface area contributed by atoms with E-state index < -0.39 is 7.75 Å². The van der Waals surface area contributed by atoms with E-state index in [0.29, 0.717) is 19.2 Å². The number of hydrogen-bond acceptors (Lipinski definition) is 4. The van der Waals surface area contributed by atoms with Gasteiger partial charge in [0.25, 0.3) is 0 Å². The monoisotopic (exact) mass is 247 g/mol. The molecule has 0 saturated carbocycles. The Balaban J connectivity index is 2.71. The van der Waals surface area contributed by atoms with E-state index in [-0.39, 0.29) is 0 Å². The van der Waals surface area contributed by atoms with Crippen LogP contribution < -0.4 is 5.09 Å². The van der Waals surface area contributed by atoms with Crippen molar-refractivity contribution in [2.75, 3.05) is 18.3 Å². The van der Waals surface area contributed by atoms with Crippen molar-refractivity contribution in [3.63, 3.8) is 0 Å². The molecule has 0 aliphatic carbocycles. The van der Waals surface area contributed by atoms with Crippen LogP contribution in [0.3, 0.4) is 0 Å². The minimum Gasteiger partial charge on any atom is -0.328 e. The molecule has 1 aromatic rings. The molecule has 1 heterocycles. The smallest absolute Gasteiger partial charge is 0.328 e. The van der Waals surface area contributed by atoms with E-state index in [0.717, 1.165) is 12.1 Å². The van der Waals surface area contributed by atoms with Gasteiger partial charge in [-0.15, -0.1) is 0 Å². The zero-order chi connectivity index (χ0) is 12.0. The number of H-pyrrole nitrogens is 1. The lowest BCUT2D eigenvalue weighted by atomic mass is 10.4. The van der Waals surface area contributed by atoms with E-state index in [1.54, 1.807) is 20.0 Å². The van der Waals surface area contributed by atoms with Gasteiger partial charge in [-0.25, -0.2) is 9.55 Å². The minimum atomic E-state index is -3.28. The van der Waals surface area contributed by atoms with E-state index in [2.05, 4.69) is 15.1 Å². The first kappa shape index (κ1) is 13.2. The predicted octanol–water partition coefficient (Wildman–Crippen LogP) is 2.57. The Hall–Kier alpha value is -0.840. The zero-order valence-electron chi connectivity index (χ0n) is 9.82. The Labute approximate surface area is 95.3 Å². The summed E-state index contributed by atoms with van der Waals surface area (Å²) in [6, 6.07) is 0. The largest absolute Gasteiger partial charge is 0.435 e. The summed E-state index contributed by atoms with van der Waals surface area (Å²) in [4.78, 5) is 7.02. The number of nitrogens with one attached hydrogen (secondary N) is 2. The first-order valence-electron chi connectivity index (χ1n) is 5.34. The van der Waals surface area contributed by atoms with Crippen molar-refractivity contribution in [1.29, 1.82) is 0 Å². The lowest BCUT2D eigenvalue weighted by Gasteiger charge is -2.16. The molecule has 0 fully saturated rings. The third-order valence-electron chi connectivity index (χ3n) is 1.85. The second-order valence-electron chi connectivity index (χ2n) is 3.06. The molecule has 0 saturated heterocycles. The Bertz CT molecular complexity index is 357. The molecular formula is C9H18N3O3P. The van der Waals surface area contributed by atoms with Gasteiger partial charge >= 0.3 is 7.75 Å². The summed E-state index contributed by atoms with van der Waals surface area (Å²) >= 11 is 0. The number of anilines is 1. The first-order chi connectivity index (χ1) is 7.63. The standard InChI is InChI=1S/C9H18N3O3P/c1-4-8-7-10-9(11-8)12-16(13,14-5-2)15-6-3/h7H,4-6H2,1-3H3,(H2,10,11,12,13). The van der Waals surface area contributed by atoms with E-state index in [4.69, 9.17) is 9.05 Å². The van der Waals surface area contributed by atoms with Crippen molar-refractivity contribution in [1.82, 2.24) is 9.97 Å². The zero-order valence-corrected chi connectivity index (χ0v) is 10.7. The number of nitrogens with zero attached hydrogens (tertiary/aromatic N) is 1. The normalized spacial score (nSPS) is 11.7. The second kappa shape index (κ2) is 6.03. The maximum atomic E-state index is 12.1. The van der Waals surface area contributed by atoms with Gasteiger partial charge in [0.2, 0.25) is 5.95 Å². The highest BCUT2D eigenvalue weighted by molar-refractivity contribution is 7.55. The maximum Gasteiger partial charge on any atom is 0.435 e. The molecule has 1 aromatic heterocycles. The molecule has 0 amide bonds. The number of imidazole rings is 1. The minimum absolute atomic E-state index is 0.311. The van der Waals surface area contributed by atoms with Crippen molar-refractivity contribution < 1.29 is 13.6 Å². The average Bonchev–Trinajstić information content (AvgIpc) is 2.65. The molecule has 0 atom stereocenters. The van der Waals surface area contributed by atoms with E-state index in [9.17, 15) is 4.57 Å². The molecule has 0 aliphatic rings. The van der Waals surface area contributed by atoms with Crippen LogP contribution in [0.25, 0.3) is 0 Å². The molecule has 2 N–H and O–H groups in total. The quantitative estimate of drug-likeness (QED) is 0.724. The summed E-state index contributed by atoms with van der Waals surface area (Å²) in [5, 5.41) is 2.66. The van der Waals surface area contributed by atoms with Crippen molar-refractivity contribution in [2.24, 2.45) is 0 Å². The van der Waals surface area contributed by atoms with Crippen LogP contribution in [0.4, 0.5) is 5.95 Å².